The second-order valence-electron chi connectivity index (χ2n) is 7.97. The van der Waals surface area contributed by atoms with E-state index >= 15 is 0 Å². The second kappa shape index (κ2) is 9.35. The summed E-state index contributed by atoms with van der Waals surface area (Å²) < 4.78 is 33.7. The largest absolute Gasteiger partial charge is 0.497 e. The zero-order valence-electron chi connectivity index (χ0n) is 18.4. The monoisotopic (exact) mass is 466 g/mol. The first kappa shape index (κ1) is 23.0. The number of hydrogen-bond donors (Lipinski definition) is 3. The highest BCUT2D eigenvalue weighted by Crippen LogP contribution is 2.35. The Kier molecular flexibility index (Phi) is 6.51. The smallest absolute Gasteiger partial charge is 0.255 e. The molecule has 0 radical (unpaired) electrons. The number of aryl methyl sites for hydroxylation is 1. The zero-order valence-corrected chi connectivity index (χ0v) is 19.2. The van der Waals surface area contributed by atoms with Crippen molar-refractivity contribution in [3.63, 3.8) is 0 Å². The van der Waals surface area contributed by atoms with Crippen LogP contribution in [0.25, 0.3) is 0 Å². The average Bonchev–Trinajstić information content (AvgIpc) is 3.13. The molecule has 0 aromatic heterocycles. The van der Waals surface area contributed by atoms with Crippen LogP contribution in [0.2, 0.25) is 0 Å². The van der Waals surface area contributed by atoms with Gasteiger partial charge in [0.25, 0.3) is 5.91 Å². The highest BCUT2D eigenvalue weighted by Gasteiger charge is 2.35. The first-order valence-corrected chi connectivity index (χ1v) is 12.2. The highest BCUT2D eigenvalue weighted by molar-refractivity contribution is 7.89. The molecule has 172 valence electrons. The third-order valence-corrected chi connectivity index (χ3v) is 7.27. The molecule has 0 unspecified atom stereocenters. The fourth-order valence-electron chi connectivity index (χ4n) is 3.95. The van der Waals surface area contributed by atoms with Crippen LogP contribution in [-0.4, -0.2) is 32.6 Å². The minimum Gasteiger partial charge on any atom is -0.497 e. The molecule has 3 aromatic rings. The number of sulfonamides is 1. The Hall–Kier alpha value is -3.20. The summed E-state index contributed by atoms with van der Waals surface area (Å²) >= 11 is 0. The number of anilines is 1. The van der Waals surface area contributed by atoms with E-state index in [1.165, 1.54) is 7.11 Å². The van der Waals surface area contributed by atoms with Gasteiger partial charge in [-0.15, -0.1) is 0 Å². The molecular formula is C25H26N2O5S. The summed E-state index contributed by atoms with van der Waals surface area (Å²) in [5.41, 5.74) is 3.45. The second-order valence-corrected chi connectivity index (χ2v) is 9.68. The highest BCUT2D eigenvalue weighted by atomic mass is 32.2. The molecule has 0 aliphatic heterocycles. The fraction of sp³-hybridized carbons (Fsp3) is 0.240. The normalized spacial score (nSPS) is 17.4. The van der Waals surface area contributed by atoms with Crippen molar-refractivity contribution in [2.45, 2.75) is 36.8 Å². The number of benzene rings is 3. The van der Waals surface area contributed by atoms with E-state index in [2.05, 4.69) is 10.0 Å². The van der Waals surface area contributed by atoms with Crippen LogP contribution in [0, 0.1) is 0 Å². The number of nitrogens with one attached hydrogen (secondary N) is 2. The van der Waals surface area contributed by atoms with Gasteiger partial charge >= 0.3 is 0 Å². The van der Waals surface area contributed by atoms with Gasteiger partial charge in [-0.3, -0.25) is 4.79 Å². The van der Waals surface area contributed by atoms with Gasteiger partial charge in [0.05, 0.1) is 24.2 Å². The molecule has 3 N–H and O–H groups in total. The number of carbonyl (C=O) groups excluding carboxylic acids is 1. The molecule has 0 bridgehead atoms. The number of carbonyl (C=O) groups is 1. The van der Waals surface area contributed by atoms with E-state index in [0.717, 1.165) is 17.5 Å². The Bertz CT molecular complexity index is 1270. The van der Waals surface area contributed by atoms with Gasteiger partial charge in [0.15, 0.2) is 0 Å². The van der Waals surface area contributed by atoms with Crippen molar-refractivity contribution in [1.29, 1.82) is 0 Å². The lowest BCUT2D eigenvalue weighted by Crippen LogP contribution is -2.34. The van der Waals surface area contributed by atoms with Crippen LogP contribution < -0.4 is 14.8 Å². The summed E-state index contributed by atoms with van der Waals surface area (Å²) in [6, 6.07) is 17.9. The lowest BCUT2D eigenvalue weighted by Gasteiger charge is -2.19. The van der Waals surface area contributed by atoms with Crippen molar-refractivity contribution in [2.75, 3.05) is 12.4 Å². The summed E-state index contributed by atoms with van der Waals surface area (Å²) in [6.07, 6.45) is 0.225. The van der Waals surface area contributed by atoms with Gasteiger partial charge < -0.3 is 15.2 Å². The summed E-state index contributed by atoms with van der Waals surface area (Å²) in [4.78, 5) is 12.8. The van der Waals surface area contributed by atoms with Crippen molar-refractivity contribution >= 4 is 21.6 Å². The predicted molar refractivity (Wildman–Crippen MR) is 126 cm³/mol. The fourth-order valence-corrected chi connectivity index (χ4v) is 5.20. The third-order valence-electron chi connectivity index (χ3n) is 5.81. The third kappa shape index (κ3) is 4.93. The Morgan fingerprint density at radius 3 is 2.55 bits per heavy atom. The maximum absolute atomic E-state index is 12.9. The van der Waals surface area contributed by atoms with E-state index in [4.69, 9.17) is 4.74 Å². The lowest BCUT2D eigenvalue weighted by molar-refractivity contribution is 0.102. The zero-order chi connectivity index (χ0) is 23.6. The van der Waals surface area contributed by atoms with Crippen molar-refractivity contribution < 1.29 is 23.1 Å². The maximum atomic E-state index is 12.9. The average molecular weight is 467 g/mol. The van der Waals surface area contributed by atoms with E-state index in [9.17, 15) is 18.3 Å². The number of amides is 1. The van der Waals surface area contributed by atoms with Crippen LogP contribution in [0.4, 0.5) is 5.69 Å². The van der Waals surface area contributed by atoms with Crippen molar-refractivity contribution in [2.24, 2.45) is 0 Å². The number of hydrogen-bond acceptors (Lipinski definition) is 5. The van der Waals surface area contributed by atoms with Gasteiger partial charge in [0, 0.05) is 17.7 Å². The Balaban J connectivity index is 1.56. The molecule has 0 heterocycles. The van der Waals surface area contributed by atoms with E-state index < -0.39 is 22.2 Å². The van der Waals surface area contributed by atoms with Crippen molar-refractivity contribution in [1.82, 2.24) is 4.72 Å². The number of fused-ring (bicyclic) bond motifs is 1. The lowest BCUT2D eigenvalue weighted by atomic mass is 10.1. The van der Waals surface area contributed by atoms with Gasteiger partial charge in [-0.05, 0) is 65.6 Å². The number of methoxy groups -OCH3 is 1. The van der Waals surface area contributed by atoms with Gasteiger partial charge in [-0.2, -0.15) is 0 Å². The first-order valence-electron chi connectivity index (χ1n) is 10.7. The standard InChI is InChI=1S/C25H26N2O5S/c1-3-16-7-11-21(12-8-16)33(30,31)27-24-22-15-19(10-9-17(22)14-23(24)28)26-25(29)18-5-4-6-20(13-18)32-2/h4-13,15,23-24,27-28H,3,14H2,1-2H3,(H,26,29)/t23-,24-/m1/s1. The summed E-state index contributed by atoms with van der Waals surface area (Å²) in [5, 5.41) is 13.4. The minimum absolute atomic E-state index is 0.142. The van der Waals surface area contributed by atoms with Gasteiger partial charge in [0.2, 0.25) is 10.0 Å². The maximum Gasteiger partial charge on any atom is 0.255 e. The number of aliphatic hydroxyl groups excluding tert-OH is 1. The quantitative estimate of drug-likeness (QED) is 0.495. The molecule has 0 fully saturated rings. The topological polar surface area (TPSA) is 105 Å². The Labute approximate surface area is 193 Å². The minimum atomic E-state index is -3.84. The molecule has 7 nitrogen and oxygen atoms in total. The van der Waals surface area contributed by atoms with Crippen LogP contribution >= 0.6 is 0 Å². The number of aliphatic hydroxyl groups is 1. The van der Waals surface area contributed by atoms with Crippen molar-refractivity contribution in [3.8, 4) is 5.75 Å². The van der Waals surface area contributed by atoms with E-state index in [-0.39, 0.29) is 10.8 Å². The van der Waals surface area contributed by atoms with Gasteiger partial charge in [0.1, 0.15) is 5.75 Å². The van der Waals surface area contributed by atoms with Crippen LogP contribution in [0.5, 0.6) is 5.75 Å². The predicted octanol–water partition coefficient (Wildman–Crippen LogP) is 3.45. The molecule has 0 spiro atoms. The van der Waals surface area contributed by atoms with Crippen LogP contribution in [0.15, 0.2) is 71.6 Å². The van der Waals surface area contributed by atoms with Gasteiger partial charge in [-0.25, -0.2) is 13.1 Å². The van der Waals surface area contributed by atoms with Crippen molar-refractivity contribution in [3.05, 3.63) is 89.0 Å². The molecule has 3 aromatic carbocycles. The number of rotatable bonds is 7. The molecule has 1 aliphatic carbocycles. The summed E-state index contributed by atoms with van der Waals surface area (Å²) in [7, 11) is -2.31. The Morgan fingerprint density at radius 2 is 1.85 bits per heavy atom. The summed E-state index contributed by atoms with van der Waals surface area (Å²) in [5.74, 6) is 0.252. The molecule has 8 heteroatoms. The molecule has 33 heavy (non-hydrogen) atoms. The Morgan fingerprint density at radius 1 is 1.09 bits per heavy atom. The van der Waals surface area contributed by atoms with Gasteiger partial charge in [-0.1, -0.05) is 31.2 Å². The molecule has 1 aliphatic rings. The SMILES string of the molecule is CCc1ccc(S(=O)(=O)N[C@@H]2c3cc(NC(=O)c4cccc(OC)c4)ccc3C[C@H]2O)cc1. The molecule has 2 atom stereocenters. The van der Waals surface area contributed by atoms with E-state index in [1.807, 2.05) is 6.92 Å². The summed E-state index contributed by atoms with van der Waals surface area (Å²) in [6.45, 7) is 2.00. The van der Waals surface area contributed by atoms with Crippen LogP contribution in [0.1, 0.15) is 40.0 Å². The van der Waals surface area contributed by atoms with Crippen LogP contribution in [0.3, 0.4) is 0 Å². The first-order chi connectivity index (χ1) is 15.8. The van der Waals surface area contributed by atoms with Crippen LogP contribution in [-0.2, 0) is 22.9 Å². The molecule has 4 rings (SSSR count). The van der Waals surface area contributed by atoms with E-state index in [1.54, 1.807) is 66.7 Å². The molecule has 0 saturated carbocycles. The van der Waals surface area contributed by atoms with E-state index in [0.29, 0.717) is 29.0 Å². The number of ether oxygens (including phenoxy) is 1. The molecule has 0 saturated heterocycles. The molecule has 1 amide bonds. The molecular weight excluding hydrogens is 440 g/mol.